The summed E-state index contributed by atoms with van der Waals surface area (Å²) < 4.78 is 16.5. The Balaban J connectivity index is 1.19. The van der Waals surface area contributed by atoms with Crippen molar-refractivity contribution in [1.29, 1.82) is 0 Å². The van der Waals surface area contributed by atoms with Crippen LogP contribution in [0.5, 0.6) is 5.75 Å². The Bertz CT molecular complexity index is 1160. The number of aryl methyl sites for hydroxylation is 1. The van der Waals surface area contributed by atoms with E-state index in [-0.39, 0.29) is 17.8 Å². The molecule has 3 heterocycles. The molecule has 4 aromatic rings. The van der Waals surface area contributed by atoms with Crippen molar-refractivity contribution >= 4 is 5.91 Å². The Morgan fingerprint density at radius 1 is 1.07 bits per heavy atom. The summed E-state index contributed by atoms with van der Waals surface area (Å²) in [7, 11) is 0. The van der Waals surface area contributed by atoms with E-state index in [1.54, 1.807) is 11.8 Å². The predicted octanol–water partition coefficient (Wildman–Crippen LogP) is 3.60. The van der Waals surface area contributed by atoms with Crippen molar-refractivity contribution in [1.82, 2.24) is 20.0 Å². The quantitative estimate of drug-likeness (QED) is 0.503. The second kappa shape index (κ2) is 7.47. The number of ether oxygens (including phenoxy) is 1. The third-order valence-electron chi connectivity index (χ3n) is 4.94. The van der Waals surface area contributed by atoms with Crippen LogP contribution in [0.1, 0.15) is 16.2 Å². The summed E-state index contributed by atoms with van der Waals surface area (Å²) in [6, 6.07) is 17.1. The molecule has 0 aliphatic carbocycles. The molecule has 1 saturated heterocycles. The van der Waals surface area contributed by atoms with Crippen molar-refractivity contribution < 1.29 is 18.5 Å². The minimum absolute atomic E-state index is 0.0592. The molecule has 1 fully saturated rings. The summed E-state index contributed by atoms with van der Waals surface area (Å²) in [5.41, 5.74) is 2.30. The highest BCUT2D eigenvalue weighted by Gasteiger charge is 2.35. The lowest BCUT2D eigenvalue weighted by Crippen LogP contribution is -2.56. The molecular formula is C22H18N4O4. The average Bonchev–Trinajstić information content (AvgIpc) is 3.40. The number of hydrogen-bond acceptors (Lipinski definition) is 7. The van der Waals surface area contributed by atoms with Crippen molar-refractivity contribution in [3.05, 3.63) is 72.4 Å². The summed E-state index contributed by atoms with van der Waals surface area (Å²) in [6.45, 7) is 2.76. The molecule has 0 bridgehead atoms. The maximum atomic E-state index is 12.3. The molecule has 0 N–H and O–H groups in total. The molecule has 0 spiro atoms. The number of hydrogen-bond donors (Lipinski definition) is 0. The molecule has 0 radical (unpaired) electrons. The van der Waals surface area contributed by atoms with E-state index in [0.717, 1.165) is 16.9 Å². The standard InChI is InChI=1S/C22H18N4O4/c1-14-19(28-13-23-14)22(27)26-11-18(12-26)29-17-9-7-16(8-10-17)21-24-20(25-30-21)15-5-3-2-4-6-15/h2-10,13,18H,11-12H2,1H3. The van der Waals surface area contributed by atoms with Crippen LogP contribution in [0.3, 0.4) is 0 Å². The molecular weight excluding hydrogens is 384 g/mol. The molecule has 150 valence electrons. The van der Waals surface area contributed by atoms with Gasteiger partial charge in [-0.1, -0.05) is 35.5 Å². The van der Waals surface area contributed by atoms with Gasteiger partial charge >= 0.3 is 0 Å². The zero-order valence-electron chi connectivity index (χ0n) is 16.2. The highest BCUT2D eigenvalue weighted by atomic mass is 16.5. The number of likely N-dealkylation sites (tertiary alicyclic amines) is 1. The van der Waals surface area contributed by atoms with Crippen LogP contribution >= 0.6 is 0 Å². The van der Waals surface area contributed by atoms with Crippen LogP contribution < -0.4 is 4.74 Å². The maximum absolute atomic E-state index is 12.3. The van der Waals surface area contributed by atoms with Crippen LogP contribution in [0.25, 0.3) is 22.8 Å². The van der Waals surface area contributed by atoms with Crippen molar-refractivity contribution in [2.45, 2.75) is 13.0 Å². The van der Waals surface area contributed by atoms with Crippen LogP contribution in [0.2, 0.25) is 0 Å². The molecule has 0 saturated carbocycles. The number of carbonyl (C=O) groups excluding carboxylic acids is 1. The first-order chi connectivity index (χ1) is 14.7. The SMILES string of the molecule is Cc1ncoc1C(=O)N1CC(Oc2ccc(-c3nc(-c4ccccc4)no3)cc2)C1. The number of oxazole rings is 1. The summed E-state index contributed by atoms with van der Waals surface area (Å²) >= 11 is 0. The van der Waals surface area contributed by atoms with Gasteiger partial charge in [-0.15, -0.1) is 0 Å². The first-order valence-corrected chi connectivity index (χ1v) is 9.53. The molecule has 2 aromatic heterocycles. The molecule has 5 rings (SSSR count). The molecule has 1 aliphatic rings. The maximum Gasteiger partial charge on any atom is 0.291 e. The monoisotopic (exact) mass is 402 g/mol. The molecule has 30 heavy (non-hydrogen) atoms. The largest absolute Gasteiger partial charge is 0.487 e. The van der Waals surface area contributed by atoms with Gasteiger partial charge in [0, 0.05) is 11.1 Å². The van der Waals surface area contributed by atoms with Gasteiger partial charge < -0.3 is 18.6 Å². The lowest BCUT2D eigenvalue weighted by Gasteiger charge is -2.38. The number of carbonyl (C=O) groups is 1. The summed E-state index contributed by atoms with van der Waals surface area (Å²) in [6.07, 6.45) is 1.22. The lowest BCUT2D eigenvalue weighted by atomic mass is 10.1. The fourth-order valence-corrected chi connectivity index (χ4v) is 3.24. The van der Waals surface area contributed by atoms with E-state index in [9.17, 15) is 4.79 Å². The molecule has 8 nitrogen and oxygen atoms in total. The van der Waals surface area contributed by atoms with Crippen LogP contribution in [0.4, 0.5) is 0 Å². The Kier molecular flexibility index (Phi) is 4.51. The van der Waals surface area contributed by atoms with Crippen LogP contribution in [-0.2, 0) is 0 Å². The molecule has 0 atom stereocenters. The number of aromatic nitrogens is 3. The normalized spacial score (nSPS) is 13.8. The predicted molar refractivity (Wildman–Crippen MR) is 107 cm³/mol. The van der Waals surface area contributed by atoms with Crippen LogP contribution in [0.15, 0.2) is 69.9 Å². The summed E-state index contributed by atoms with van der Waals surface area (Å²) in [5, 5.41) is 4.04. The third kappa shape index (κ3) is 3.43. The lowest BCUT2D eigenvalue weighted by molar-refractivity contribution is 0.0154. The van der Waals surface area contributed by atoms with Gasteiger partial charge in [0.25, 0.3) is 11.8 Å². The zero-order chi connectivity index (χ0) is 20.5. The average molecular weight is 402 g/mol. The molecule has 8 heteroatoms. The van der Waals surface area contributed by atoms with E-state index < -0.39 is 0 Å². The van der Waals surface area contributed by atoms with E-state index in [2.05, 4.69) is 15.1 Å². The van der Waals surface area contributed by atoms with Gasteiger partial charge in [0.1, 0.15) is 11.9 Å². The summed E-state index contributed by atoms with van der Waals surface area (Å²) in [4.78, 5) is 22.4. The van der Waals surface area contributed by atoms with Gasteiger partial charge in [0.15, 0.2) is 6.39 Å². The molecule has 1 aliphatic heterocycles. The van der Waals surface area contributed by atoms with Gasteiger partial charge in [-0.05, 0) is 31.2 Å². The number of amides is 1. The molecule has 2 aromatic carbocycles. The first-order valence-electron chi connectivity index (χ1n) is 9.53. The van der Waals surface area contributed by atoms with Gasteiger partial charge in [0.2, 0.25) is 11.6 Å². The Morgan fingerprint density at radius 3 is 2.53 bits per heavy atom. The van der Waals surface area contributed by atoms with E-state index in [0.29, 0.717) is 30.5 Å². The second-order valence-corrected chi connectivity index (χ2v) is 7.03. The fourth-order valence-electron chi connectivity index (χ4n) is 3.24. The van der Waals surface area contributed by atoms with Gasteiger partial charge in [0.05, 0.1) is 18.8 Å². The van der Waals surface area contributed by atoms with Crippen molar-refractivity contribution in [2.24, 2.45) is 0 Å². The Morgan fingerprint density at radius 2 is 1.83 bits per heavy atom. The minimum Gasteiger partial charge on any atom is -0.487 e. The van der Waals surface area contributed by atoms with E-state index >= 15 is 0 Å². The Labute approximate surface area is 172 Å². The zero-order valence-corrected chi connectivity index (χ0v) is 16.2. The van der Waals surface area contributed by atoms with Crippen molar-refractivity contribution in [2.75, 3.05) is 13.1 Å². The number of nitrogens with zero attached hydrogens (tertiary/aromatic N) is 4. The topological polar surface area (TPSA) is 94.5 Å². The van der Waals surface area contributed by atoms with E-state index in [4.69, 9.17) is 13.7 Å². The number of rotatable bonds is 5. The first kappa shape index (κ1) is 18.1. The second-order valence-electron chi connectivity index (χ2n) is 7.03. The molecule has 0 unspecified atom stereocenters. The van der Waals surface area contributed by atoms with Crippen LogP contribution in [-0.4, -0.2) is 45.1 Å². The van der Waals surface area contributed by atoms with Crippen molar-refractivity contribution in [3.63, 3.8) is 0 Å². The molecule has 1 amide bonds. The van der Waals surface area contributed by atoms with Crippen molar-refractivity contribution in [3.8, 4) is 28.6 Å². The minimum atomic E-state index is -0.161. The van der Waals surface area contributed by atoms with E-state index in [1.807, 2.05) is 54.6 Å². The van der Waals surface area contributed by atoms with Crippen LogP contribution in [0, 0.1) is 6.92 Å². The Hall–Kier alpha value is -3.94. The van der Waals surface area contributed by atoms with Gasteiger partial charge in [-0.3, -0.25) is 4.79 Å². The van der Waals surface area contributed by atoms with Gasteiger partial charge in [-0.25, -0.2) is 4.98 Å². The fraction of sp³-hybridized carbons (Fsp3) is 0.182. The smallest absolute Gasteiger partial charge is 0.291 e. The highest BCUT2D eigenvalue weighted by molar-refractivity contribution is 5.93. The highest BCUT2D eigenvalue weighted by Crippen LogP contribution is 2.26. The summed E-state index contributed by atoms with van der Waals surface area (Å²) in [5.74, 6) is 1.84. The van der Waals surface area contributed by atoms with E-state index in [1.165, 1.54) is 6.39 Å². The van der Waals surface area contributed by atoms with Gasteiger partial charge in [-0.2, -0.15) is 4.98 Å². The number of benzene rings is 2. The third-order valence-corrected chi connectivity index (χ3v) is 4.94.